The number of carbonyl (C=O) groups is 1. The van der Waals surface area contributed by atoms with Crippen LogP contribution in [0.5, 0.6) is 0 Å². The summed E-state index contributed by atoms with van der Waals surface area (Å²) in [5, 5.41) is 0. The van der Waals surface area contributed by atoms with Gasteiger partial charge in [0.25, 0.3) is 0 Å². The number of hydrogen-bond acceptors (Lipinski definition) is 2. The largest absolute Gasteiger partial charge is 0.417 e. The van der Waals surface area contributed by atoms with Gasteiger partial charge in [0.15, 0.2) is 6.29 Å². The maximum absolute atomic E-state index is 12.3. The predicted octanol–water partition coefficient (Wildman–Crippen LogP) is 0.359. The second-order valence-corrected chi connectivity index (χ2v) is 2.91. The summed E-state index contributed by atoms with van der Waals surface area (Å²) in [6.07, 6.45) is -4.37. The van der Waals surface area contributed by atoms with Gasteiger partial charge in [-0.05, 0) is 6.07 Å². The third kappa shape index (κ3) is 1.89. The van der Waals surface area contributed by atoms with Gasteiger partial charge in [-0.3, -0.25) is 4.79 Å². The molecule has 0 atom stereocenters. The van der Waals surface area contributed by atoms with Gasteiger partial charge in [-0.25, -0.2) is 0 Å². The average molecular weight is 201 g/mol. The van der Waals surface area contributed by atoms with Crippen LogP contribution in [0.25, 0.3) is 0 Å². The maximum Gasteiger partial charge on any atom is 0.417 e. The van der Waals surface area contributed by atoms with Gasteiger partial charge in [-0.15, -0.1) is 0 Å². The molecule has 0 saturated heterocycles. The number of hydrogen-bond donors (Lipinski definition) is 1. The van der Waals surface area contributed by atoms with Crippen molar-refractivity contribution in [1.82, 2.24) is 0 Å². The van der Waals surface area contributed by atoms with Crippen LogP contribution in [0.2, 0.25) is 0 Å². The molecule has 0 heterocycles. The van der Waals surface area contributed by atoms with Crippen LogP contribution < -0.4 is 11.2 Å². The molecule has 6 heteroatoms. The molecular weight excluding hydrogens is 194 g/mol. The van der Waals surface area contributed by atoms with E-state index in [2.05, 4.69) is 0 Å². The van der Waals surface area contributed by atoms with Crippen molar-refractivity contribution in [2.24, 2.45) is 0 Å². The smallest absolute Gasteiger partial charge is 0.399 e. The van der Waals surface area contributed by atoms with Crippen molar-refractivity contribution < 1.29 is 18.0 Å². The standard InChI is InChI=1S/C8H7BF3NO/c9-6-2-5(8(10,11)12)4(3-14)1-7(6)13/h1-3H,9,13H2. The molecule has 0 bridgehead atoms. The molecular formula is C8H7BF3NO. The van der Waals surface area contributed by atoms with Crippen LogP contribution in [-0.4, -0.2) is 14.1 Å². The molecule has 0 spiro atoms. The first-order chi connectivity index (χ1) is 6.36. The summed E-state index contributed by atoms with van der Waals surface area (Å²) < 4.78 is 37.0. The van der Waals surface area contributed by atoms with Crippen LogP contribution in [-0.2, 0) is 6.18 Å². The summed E-state index contributed by atoms with van der Waals surface area (Å²) in [7, 11) is 1.46. The Labute approximate surface area is 79.3 Å². The molecule has 0 amide bonds. The lowest BCUT2D eigenvalue weighted by Crippen LogP contribution is -2.17. The van der Waals surface area contributed by atoms with Crippen LogP contribution in [0.3, 0.4) is 0 Å². The van der Waals surface area contributed by atoms with E-state index in [4.69, 9.17) is 5.73 Å². The Hall–Kier alpha value is -1.46. The van der Waals surface area contributed by atoms with E-state index in [0.717, 1.165) is 12.1 Å². The lowest BCUT2D eigenvalue weighted by Gasteiger charge is -2.11. The summed E-state index contributed by atoms with van der Waals surface area (Å²) in [5.41, 5.74) is 4.50. The summed E-state index contributed by atoms with van der Waals surface area (Å²) >= 11 is 0. The minimum atomic E-state index is -4.52. The Balaban J connectivity index is 3.42. The van der Waals surface area contributed by atoms with Crippen LogP contribution in [0.15, 0.2) is 12.1 Å². The first-order valence-corrected chi connectivity index (χ1v) is 3.78. The number of benzene rings is 1. The van der Waals surface area contributed by atoms with E-state index in [0.29, 0.717) is 5.46 Å². The van der Waals surface area contributed by atoms with Crippen LogP contribution in [0.4, 0.5) is 18.9 Å². The molecule has 0 aliphatic rings. The van der Waals surface area contributed by atoms with Crippen molar-refractivity contribution in [2.75, 3.05) is 5.73 Å². The highest BCUT2D eigenvalue weighted by Crippen LogP contribution is 2.31. The molecule has 0 saturated carbocycles. The molecule has 1 rings (SSSR count). The number of halogens is 3. The molecule has 1 aromatic rings. The molecule has 2 N–H and O–H groups in total. The predicted molar refractivity (Wildman–Crippen MR) is 49.4 cm³/mol. The van der Waals surface area contributed by atoms with E-state index in [1.165, 1.54) is 7.85 Å². The average Bonchev–Trinajstić information content (AvgIpc) is 2.07. The van der Waals surface area contributed by atoms with E-state index in [1.54, 1.807) is 0 Å². The number of nitrogen functional groups attached to an aromatic ring is 1. The number of rotatable bonds is 1. The third-order valence-corrected chi connectivity index (χ3v) is 1.87. The zero-order chi connectivity index (χ0) is 10.9. The van der Waals surface area contributed by atoms with Gasteiger partial charge in [0, 0.05) is 11.3 Å². The van der Waals surface area contributed by atoms with Crippen LogP contribution in [0.1, 0.15) is 15.9 Å². The minimum Gasteiger partial charge on any atom is -0.399 e. The minimum absolute atomic E-state index is 0.151. The van der Waals surface area contributed by atoms with E-state index in [9.17, 15) is 18.0 Å². The van der Waals surface area contributed by atoms with Crippen LogP contribution in [0, 0.1) is 0 Å². The lowest BCUT2D eigenvalue weighted by atomic mass is 9.90. The van der Waals surface area contributed by atoms with Crippen molar-refractivity contribution in [2.45, 2.75) is 6.18 Å². The van der Waals surface area contributed by atoms with Gasteiger partial charge in [-0.2, -0.15) is 13.2 Å². The highest BCUT2D eigenvalue weighted by molar-refractivity contribution is 6.35. The van der Waals surface area contributed by atoms with Crippen molar-refractivity contribution in [3.05, 3.63) is 23.3 Å². The topological polar surface area (TPSA) is 43.1 Å². The number of nitrogens with two attached hydrogens (primary N) is 1. The molecule has 1 aromatic carbocycles. The third-order valence-electron chi connectivity index (χ3n) is 1.87. The van der Waals surface area contributed by atoms with Gasteiger partial charge >= 0.3 is 6.18 Å². The zero-order valence-corrected chi connectivity index (χ0v) is 7.35. The number of carbonyl (C=O) groups excluding carboxylic acids is 1. The maximum atomic E-state index is 12.3. The van der Waals surface area contributed by atoms with Gasteiger partial charge in [0.1, 0.15) is 7.85 Å². The fraction of sp³-hybridized carbons (Fsp3) is 0.125. The number of anilines is 1. The molecule has 0 radical (unpaired) electrons. The number of aldehydes is 1. The van der Waals surface area contributed by atoms with Gasteiger partial charge in [0.2, 0.25) is 0 Å². The molecule has 14 heavy (non-hydrogen) atoms. The molecule has 0 aromatic heterocycles. The molecule has 0 fully saturated rings. The van der Waals surface area contributed by atoms with E-state index in [-0.39, 0.29) is 12.0 Å². The fourth-order valence-corrected chi connectivity index (χ4v) is 1.09. The first kappa shape index (κ1) is 10.6. The molecule has 0 unspecified atom stereocenters. The molecule has 74 valence electrons. The molecule has 0 aliphatic heterocycles. The van der Waals surface area contributed by atoms with Crippen molar-refractivity contribution in [3.63, 3.8) is 0 Å². The highest BCUT2D eigenvalue weighted by Gasteiger charge is 2.33. The van der Waals surface area contributed by atoms with Crippen LogP contribution >= 0.6 is 0 Å². The van der Waals surface area contributed by atoms with E-state index >= 15 is 0 Å². The SMILES string of the molecule is Bc1cc(C(F)(F)F)c(C=O)cc1N. The van der Waals surface area contributed by atoms with E-state index < -0.39 is 17.3 Å². The Morgan fingerprint density at radius 1 is 1.36 bits per heavy atom. The van der Waals surface area contributed by atoms with Gasteiger partial charge in [-0.1, -0.05) is 11.5 Å². The van der Waals surface area contributed by atoms with Crippen molar-refractivity contribution >= 4 is 25.3 Å². The second kappa shape index (κ2) is 3.36. The Bertz CT molecular complexity index is 376. The Morgan fingerprint density at radius 2 is 1.93 bits per heavy atom. The first-order valence-electron chi connectivity index (χ1n) is 3.78. The summed E-state index contributed by atoms with van der Waals surface area (Å²) in [5.74, 6) is 0. The van der Waals surface area contributed by atoms with E-state index in [1.807, 2.05) is 0 Å². The van der Waals surface area contributed by atoms with Crippen molar-refractivity contribution in [3.8, 4) is 0 Å². The fourth-order valence-electron chi connectivity index (χ4n) is 1.09. The zero-order valence-electron chi connectivity index (χ0n) is 7.35. The number of alkyl halides is 3. The Kier molecular flexibility index (Phi) is 2.55. The van der Waals surface area contributed by atoms with Crippen molar-refractivity contribution in [1.29, 1.82) is 0 Å². The monoisotopic (exact) mass is 201 g/mol. The van der Waals surface area contributed by atoms with Gasteiger partial charge in [0.05, 0.1) is 5.56 Å². The molecule has 2 nitrogen and oxygen atoms in total. The summed E-state index contributed by atoms with van der Waals surface area (Å²) in [6.45, 7) is 0. The summed E-state index contributed by atoms with van der Waals surface area (Å²) in [4.78, 5) is 10.4. The normalized spacial score (nSPS) is 11.4. The summed E-state index contributed by atoms with van der Waals surface area (Å²) in [6, 6.07) is 1.91. The lowest BCUT2D eigenvalue weighted by molar-refractivity contribution is -0.137. The molecule has 0 aliphatic carbocycles. The Morgan fingerprint density at radius 3 is 2.36 bits per heavy atom. The second-order valence-electron chi connectivity index (χ2n) is 2.91. The quantitative estimate of drug-likeness (QED) is 0.405. The van der Waals surface area contributed by atoms with Gasteiger partial charge < -0.3 is 5.73 Å². The highest BCUT2D eigenvalue weighted by atomic mass is 19.4.